The van der Waals surface area contributed by atoms with E-state index in [0.29, 0.717) is 17.0 Å². The van der Waals surface area contributed by atoms with Gasteiger partial charge in [-0.1, -0.05) is 56.3 Å². The molecule has 0 radical (unpaired) electrons. The molecule has 2 heterocycles. The van der Waals surface area contributed by atoms with Gasteiger partial charge in [0.25, 0.3) is 11.4 Å². The maximum absolute atomic E-state index is 13.4. The number of methoxy groups -OCH3 is 1. The van der Waals surface area contributed by atoms with Gasteiger partial charge in [-0.3, -0.25) is 19.0 Å². The SMILES string of the molecule is COc1ccc(C(C)(C)c2nnc(C(=O)C(NC(=O)Cn3c(-c4ccccc4)cnc(N)c3=O)C(C)C)o2)cc1. The fourth-order valence-corrected chi connectivity index (χ4v) is 4.24. The molecule has 208 valence electrons. The second-order valence-electron chi connectivity index (χ2n) is 10.2. The predicted octanol–water partition coefficient (Wildman–Crippen LogP) is 3.23. The normalized spacial score (nSPS) is 12.2. The number of rotatable bonds is 10. The molecule has 4 rings (SSSR count). The number of nitrogens with two attached hydrogens (primary N) is 1. The van der Waals surface area contributed by atoms with Crippen molar-refractivity contribution in [2.45, 2.75) is 45.7 Å². The molecule has 1 amide bonds. The molecule has 11 heteroatoms. The number of aromatic nitrogens is 4. The summed E-state index contributed by atoms with van der Waals surface area (Å²) in [5.41, 5.74) is 6.45. The van der Waals surface area contributed by atoms with Crippen LogP contribution in [0.4, 0.5) is 5.82 Å². The third-order valence-corrected chi connectivity index (χ3v) is 6.70. The molecule has 11 nitrogen and oxygen atoms in total. The Kier molecular flexibility index (Phi) is 8.13. The van der Waals surface area contributed by atoms with E-state index >= 15 is 0 Å². The van der Waals surface area contributed by atoms with Crippen LogP contribution < -0.4 is 21.3 Å². The van der Waals surface area contributed by atoms with Crippen LogP contribution in [0, 0.1) is 5.92 Å². The van der Waals surface area contributed by atoms with E-state index < -0.39 is 28.7 Å². The lowest BCUT2D eigenvalue weighted by atomic mass is 9.84. The van der Waals surface area contributed by atoms with Crippen molar-refractivity contribution >= 4 is 17.5 Å². The van der Waals surface area contributed by atoms with E-state index in [1.807, 2.05) is 56.3 Å². The van der Waals surface area contributed by atoms with Gasteiger partial charge in [0.05, 0.1) is 30.5 Å². The Morgan fingerprint density at radius 3 is 2.38 bits per heavy atom. The third-order valence-electron chi connectivity index (χ3n) is 6.70. The van der Waals surface area contributed by atoms with Crippen LogP contribution in [0.5, 0.6) is 5.75 Å². The van der Waals surface area contributed by atoms with Crippen LogP contribution in [0.3, 0.4) is 0 Å². The van der Waals surface area contributed by atoms with Crippen molar-refractivity contribution in [2.24, 2.45) is 5.92 Å². The average Bonchev–Trinajstić information content (AvgIpc) is 3.46. The zero-order chi connectivity index (χ0) is 29.0. The minimum Gasteiger partial charge on any atom is -0.497 e. The molecule has 0 fully saturated rings. The van der Waals surface area contributed by atoms with Crippen molar-refractivity contribution in [3.05, 3.63) is 88.5 Å². The zero-order valence-electron chi connectivity index (χ0n) is 23.0. The lowest BCUT2D eigenvalue weighted by Gasteiger charge is -2.22. The van der Waals surface area contributed by atoms with Crippen molar-refractivity contribution < 1.29 is 18.7 Å². The maximum Gasteiger partial charge on any atom is 0.294 e. The Labute approximate surface area is 231 Å². The van der Waals surface area contributed by atoms with E-state index in [-0.39, 0.29) is 30.1 Å². The number of amides is 1. The molecule has 0 aliphatic rings. The summed E-state index contributed by atoms with van der Waals surface area (Å²) in [6.45, 7) is 7.01. The standard InChI is InChI=1S/C29H32N6O5/c1-17(2)23(24(37)26-33-34-28(40-26)29(3,4)19-11-13-20(39-5)14-12-19)32-22(36)16-35-21(15-31-25(30)27(35)38)18-9-7-6-8-10-18/h6-15,17,23H,16H2,1-5H3,(H2,30,31)(H,32,36). The first-order valence-corrected chi connectivity index (χ1v) is 12.8. The van der Waals surface area contributed by atoms with Crippen molar-refractivity contribution in [1.29, 1.82) is 0 Å². The number of nitrogen functional groups attached to an aromatic ring is 1. The summed E-state index contributed by atoms with van der Waals surface area (Å²) < 4.78 is 12.3. The maximum atomic E-state index is 13.4. The molecule has 4 aromatic rings. The number of anilines is 1. The molecule has 0 saturated carbocycles. The lowest BCUT2D eigenvalue weighted by molar-refractivity contribution is -0.122. The molecule has 2 aromatic heterocycles. The fourth-order valence-electron chi connectivity index (χ4n) is 4.24. The number of benzene rings is 2. The molecule has 0 aliphatic carbocycles. The predicted molar refractivity (Wildman–Crippen MR) is 149 cm³/mol. The molecule has 2 aromatic carbocycles. The van der Waals surface area contributed by atoms with Crippen LogP contribution in [0.2, 0.25) is 0 Å². The number of hydrogen-bond donors (Lipinski definition) is 2. The highest BCUT2D eigenvalue weighted by Crippen LogP contribution is 2.31. The molecule has 0 spiro atoms. The van der Waals surface area contributed by atoms with E-state index in [1.54, 1.807) is 33.1 Å². The molecular formula is C29H32N6O5. The van der Waals surface area contributed by atoms with E-state index in [0.717, 1.165) is 5.56 Å². The number of carbonyl (C=O) groups excluding carboxylic acids is 2. The molecule has 0 aliphatic heterocycles. The highest BCUT2D eigenvalue weighted by molar-refractivity contribution is 5.98. The quantitative estimate of drug-likeness (QED) is 0.286. The minimum absolute atomic E-state index is 0.217. The molecular weight excluding hydrogens is 512 g/mol. The lowest BCUT2D eigenvalue weighted by Crippen LogP contribution is -2.46. The average molecular weight is 545 g/mol. The molecule has 1 atom stereocenters. The number of ether oxygens (including phenoxy) is 1. The van der Waals surface area contributed by atoms with Gasteiger partial charge in [0.1, 0.15) is 12.3 Å². The summed E-state index contributed by atoms with van der Waals surface area (Å²) in [7, 11) is 1.59. The van der Waals surface area contributed by atoms with Gasteiger partial charge in [-0.15, -0.1) is 10.2 Å². The van der Waals surface area contributed by atoms with Crippen LogP contribution in [0.1, 0.15) is 49.8 Å². The number of Topliss-reactive ketones (excluding diaryl/α,β-unsaturated/α-hetero) is 1. The third kappa shape index (κ3) is 5.78. The van der Waals surface area contributed by atoms with E-state index in [9.17, 15) is 14.4 Å². The molecule has 1 unspecified atom stereocenters. The van der Waals surface area contributed by atoms with Gasteiger partial charge in [0, 0.05) is 0 Å². The Bertz CT molecular complexity index is 1560. The van der Waals surface area contributed by atoms with Gasteiger partial charge in [-0.25, -0.2) is 4.98 Å². The second-order valence-corrected chi connectivity index (χ2v) is 10.2. The summed E-state index contributed by atoms with van der Waals surface area (Å²) in [6, 6.07) is 15.5. The smallest absolute Gasteiger partial charge is 0.294 e. The first kappa shape index (κ1) is 28.2. The number of nitrogens with zero attached hydrogens (tertiary/aromatic N) is 4. The highest BCUT2D eigenvalue weighted by atomic mass is 16.5. The molecule has 40 heavy (non-hydrogen) atoms. The number of carbonyl (C=O) groups is 2. The van der Waals surface area contributed by atoms with Gasteiger partial charge in [-0.2, -0.15) is 0 Å². The highest BCUT2D eigenvalue weighted by Gasteiger charge is 2.34. The number of ketones is 1. The molecule has 0 bridgehead atoms. The van der Waals surface area contributed by atoms with Crippen LogP contribution in [0.25, 0.3) is 11.3 Å². The monoisotopic (exact) mass is 544 g/mol. The van der Waals surface area contributed by atoms with Gasteiger partial charge < -0.3 is 20.2 Å². The fraction of sp³-hybridized carbons (Fsp3) is 0.310. The summed E-state index contributed by atoms with van der Waals surface area (Å²) in [5, 5.41) is 10.9. The Morgan fingerprint density at radius 1 is 1.07 bits per heavy atom. The van der Waals surface area contributed by atoms with Crippen LogP contribution in [-0.4, -0.2) is 44.6 Å². The summed E-state index contributed by atoms with van der Waals surface area (Å²) in [5.74, 6) is -0.889. The van der Waals surface area contributed by atoms with Crippen molar-refractivity contribution in [2.75, 3.05) is 12.8 Å². The van der Waals surface area contributed by atoms with Crippen LogP contribution in [0.15, 0.2) is 70.0 Å². The van der Waals surface area contributed by atoms with Gasteiger partial charge in [0.15, 0.2) is 5.82 Å². The first-order valence-electron chi connectivity index (χ1n) is 12.8. The van der Waals surface area contributed by atoms with E-state index in [2.05, 4.69) is 20.5 Å². The topological polar surface area (TPSA) is 155 Å². The summed E-state index contributed by atoms with van der Waals surface area (Å²) >= 11 is 0. The van der Waals surface area contributed by atoms with E-state index in [4.69, 9.17) is 14.9 Å². The summed E-state index contributed by atoms with van der Waals surface area (Å²) in [4.78, 5) is 43.3. The Hall–Kier alpha value is -4.80. The number of nitrogens with one attached hydrogen (secondary N) is 1. The van der Waals surface area contributed by atoms with Crippen molar-refractivity contribution in [3.8, 4) is 17.0 Å². The van der Waals surface area contributed by atoms with Gasteiger partial charge in [0.2, 0.25) is 17.6 Å². The Balaban J connectivity index is 1.55. The van der Waals surface area contributed by atoms with E-state index in [1.165, 1.54) is 10.8 Å². The zero-order valence-corrected chi connectivity index (χ0v) is 23.0. The summed E-state index contributed by atoms with van der Waals surface area (Å²) in [6.07, 6.45) is 1.44. The van der Waals surface area contributed by atoms with Crippen LogP contribution >= 0.6 is 0 Å². The number of hydrogen-bond acceptors (Lipinski definition) is 9. The first-order chi connectivity index (χ1) is 19.0. The molecule has 3 N–H and O–H groups in total. The van der Waals surface area contributed by atoms with Gasteiger partial charge in [-0.05, 0) is 43.0 Å². The van der Waals surface area contributed by atoms with Crippen LogP contribution in [-0.2, 0) is 16.8 Å². The largest absolute Gasteiger partial charge is 0.497 e. The Morgan fingerprint density at radius 2 is 1.75 bits per heavy atom. The second kappa shape index (κ2) is 11.5. The minimum atomic E-state index is -0.972. The molecule has 0 saturated heterocycles. The van der Waals surface area contributed by atoms with Crippen molar-refractivity contribution in [3.63, 3.8) is 0 Å². The van der Waals surface area contributed by atoms with Gasteiger partial charge >= 0.3 is 0 Å². The van der Waals surface area contributed by atoms with Crippen molar-refractivity contribution in [1.82, 2.24) is 25.1 Å².